The van der Waals surface area contributed by atoms with Crippen LogP contribution in [0.5, 0.6) is 0 Å². The maximum Gasteiger partial charge on any atom is 0.0389 e. The fourth-order valence-electron chi connectivity index (χ4n) is 2.30. The normalized spacial score (nSPS) is 20.1. The third-order valence-corrected chi connectivity index (χ3v) is 3.41. The Hall–Kier alpha value is -1.28. The molecule has 0 spiro atoms. The van der Waals surface area contributed by atoms with Crippen LogP contribution < -0.4 is 5.32 Å². The summed E-state index contributed by atoms with van der Waals surface area (Å²) >= 11 is 0. The van der Waals surface area contributed by atoms with Gasteiger partial charge in [0.05, 0.1) is 0 Å². The lowest BCUT2D eigenvalue weighted by molar-refractivity contribution is 0.248. The number of fused-ring (bicyclic) bond motifs is 1. The van der Waals surface area contributed by atoms with Gasteiger partial charge in [-0.3, -0.25) is 4.90 Å². The standard InChI is InChI=1S/C15H22N2/c1-12(2)8-10-17-11-9-16-15-7-5-4-6-14(15)13(17)3/h4-8,13,16H,9-11H2,1-3H3. The maximum atomic E-state index is 3.51. The molecule has 1 aromatic carbocycles. The first kappa shape index (κ1) is 12.2. The number of nitrogens with one attached hydrogen (secondary N) is 1. The van der Waals surface area contributed by atoms with E-state index >= 15 is 0 Å². The van der Waals surface area contributed by atoms with E-state index < -0.39 is 0 Å². The summed E-state index contributed by atoms with van der Waals surface area (Å²) < 4.78 is 0. The summed E-state index contributed by atoms with van der Waals surface area (Å²) in [6.45, 7) is 9.78. The number of para-hydroxylation sites is 1. The third-order valence-electron chi connectivity index (χ3n) is 3.41. The van der Waals surface area contributed by atoms with Crippen LogP contribution in [0.1, 0.15) is 32.4 Å². The lowest BCUT2D eigenvalue weighted by Gasteiger charge is -2.26. The Morgan fingerprint density at radius 2 is 2.18 bits per heavy atom. The van der Waals surface area contributed by atoms with Crippen molar-refractivity contribution < 1.29 is 0 Å². The van der Waals surface area contributed by atoms with Crippen molar-refractivity contribution in [2.24, 2.45) is 0 Å². The van der Waals surface area contributed by atoms with Crippen LogP contribution in [0, 0.1) is 0 Å². The minimum absolute atomic E-state index is 0.483. The van der Waals surface area contributed by atoms with Gasteiger partial charge in [-0.15, -0.1) is 0 Å². The Morgan fingerprint density at radius 3 is 2.94 bits per heavy atom. The summed E-state index contributed by atoms with van der Waals surface area (Å²) in [6, 6.07) is 9.12. The number of allylic oxidation sites excluding steroid dienone is 1. The molecule has 1 N–H and O–H groups in total. The summed E-state index contributed by atoms with van der Waals surface area (Å²) in [7, 11) is 0. The van der Waals surface area contributed by atoms with E-state index in [9.17, 15) is 0 Å². The molecule has 0 saturated carbocycles. The SMILES string of the molecule is CC(C)=CCN1CCNc2ccccc2C1C. The van der Waals surface area contributed by atoms with Gasteiger partial charge in [0, 0.05) is 31.4 Å². The molecule has 0 saturated heterocycles. The van der Waals surface area contributed by atoms with Crippen LogP contribution in [0.3, 0.4) is 0 Å². The summed E-state index contributed by atoms with van der Waals surface area (Å²) in [6.07, 6.45) is 2.31. The van der Waals surface area contributed by atoms with E-state index in [1.54, 1.807) is 0 Å². The van der Waals surface area contributed by atoms with E-state index in [-0.39, 0.29) is 0 Å². The second-order valence-corrected chi connectivity index (χ2v) is 4.97. The van der Waals surface area contributed by atoms with E-state index in [1.165, 1.54) is 16.8 Å². The lowest BCUT2D eigenvalue weighted by Crippen LogP contribution is -2.29. The molecular weight excluding hydrogens is 208 g/mol. The smallest absolute Gasteiger partial charge is 0.0389 e. The molecule has 2 nitrogen and oxygen atoms in total. The first-order valence-electron chi connectivity index (χ1n) is 6.38. The van der Waals surface area contributed by atoms with Crippen LogP contribution in [0.2, 0.25) is 0 Å². The van der Waals surface area contributed by atoms with Crippen LogP contribution in [0.4, 0.5) is 5.69 Å². The van der Waals surface area contributed by atoms with Crippen LogP contribution in [-0.2, 0) is 0 Å². The quantitative estimate of drug-likeness (QED) is 0.783. The fraction of sp³-hybridized carbons (Fsp3) is 0.467. The zero-order valence-corrected chi connectivity index (χ0v) is 11.0. The highest BCUT2D eigenvalue weighted by Gasteiger charge is 2.20. The maximum absolute atomic E-state index is 3.51. The Morgan fingerprint density at radius 1 is 1.41 bits per heavy atom. The van der Waals surface area contributed by atoms with Gasteiger partial charge in [0.1, 0.15) is 0 Å². The largest absolute Gasteiger partial charge is 0.383 e. The highest BCUT2D eigenvalue weighted by Crippen LogP contribution is 2.29. The van der Waals surface area contributed by atoms with Gasteiger partial charge in [0.25, 0.3) is 0 Å². The van der Waals surface area contributed by atoms with E-state index in [0.29, 0.717) is 6.04 Å². The van der Waals surface area contributed by atoms with Crippen LogP contribution in [0.15, 0.2) is 35.9 Å². The van der Waals surface area contributed by atoms with Crippen molar-refractivity contribution in [3.63, 3.8) is 0 Å². The van der Waals surface area contributed by atoms with Crippen molar-refractivity contribution in [2.45, 2.75) is 26.8 Å². The number of nitrogens with zero attached hydrogens (tertiary/aromatic N) is 1. The number of hydrogen-bond acceptors (Lipinski definition) is 2. The molecule has 1 heterocycles. The van der Waals surface area contributed by atoms with Crippen molar-refractivity contribution in [3.05, 3.63) is 41.5 Å². The Bertz CT molecular complexity index is 405. The minimum Gasteiger partial charge on any atom is -0.383 e. The Kier molecular flexibility index (Phi) is 3.85. The topological polar surface area (TPSA) is 15.3 Å². The lowest BCUT2D eigenvalue weighted by atomic mass is 10.1. The molecule has 92 valence electrons. The summed E-state index contributed by atoms with van der Waals surface area (Å²) in [5, 5.41) is 3.51. The van der Waals surface area contributed by atoms with Crippen molar-refractivity contribution in [2.75, 3.05) is 25.0 Å². The molecule has 0 aliphatic carbocycles. The van der Waals surface area contributed by atoms with Crippen LogP contribution in [-0.4, -0.2) is 24.5 Å². The van der Waals surface area contributed by atoms with Crippen molar-refractivity contribution >= 4 is 5.69 Å². The van der Waals surface area contributed by atoms with E-state index in [1.807, 2.05) is 0 Å². The molecule has 2 heteroatoms. The molecule has 0 aromatic heterocycles. The monoisotopic (exact) mass is 230 g/mol. The van der Waals surface area contributed by atoms with E-state index in [2.05, 4.69) is 61.3 Å². The predicted octanol–water partition coefficient (Wildman–Crippen LogP) is 3.44. The van der Waals surface area contributed by atoms with Gasteiger partial charge in [-0.1, -0.05) is 29.8 Å². The summed E-state index contributed by atoms with van der Waals surface area (Å²) in [4.78, 5) is 2.52. The number of benzene rings is 1. The average Bonchev–Trinajstić information content (AvgIpc) is 2.47. The molecule has 1 aliphatic rings. The van der Waals surface area contributed by atoms with Gasteiger partial charge < -0.3 is 5.32 Å². The molecule has 1 atom stereocenters. The van der Waals surface area contributed by atoms with E-state index in [4.69, 9.17) is 0 Å². The molecule has 1 aromatic rings. The predicted molar refractivity (Wildman–Crippen MR) is 74.4 cm³/mol. The van der Waals surface area contributed by atoms with E-state index in [0.717, 1.165) is 19.6 Å². The molecule has 2 rings (SSSR count). The van der Waals surface area contributed by atoms with Crippen molar-refractivity contribution in [3.8, 4) is 0 Å². The molecule has 0 amide bonds. The van der Waals surface area contributed by atoms with Gasteiger partial charge in [0.2, 0.25) is 0 Å². The van der Waals surface area contributed by atoms with Gasteiger partial charge in [0.15, 0.2) is 0 Å². The first-order chi connectivity index (χ1) is 8.18. The molecule has 0 fully saturated rings. The van der Waals surface area contributed by atoms with Crippen LogP contribution in [0.25, 0.3) is 0 Å². The van der Waals surface area contributed by atoms with Crippen molar-refractivity contribution in [1.82, 2.24) is 4.90 Å². The molecule has 0 bridgehead atoms. The first-order valence-corrected chi connectivity index (χ1v) is 6.38. The number of hydrogen-bond donors (Lipinski definition) is 1. The number of rotatable bonds is 2. The van der Waals surface area contributed by atoms with Gasteiger partial charge in [-0.25, -0.2) is 0 Å². The average molecular weight is 230 g/mol. The highest BCUT2D eigenvalue weighted by molar-refractivity contribution is 5.53. The Labute approximate surface area is 104 Å². The zero-order valence-electron chi connectivity index (χ0n) is 11.0. The van der Waals surface area contributed by atoms with Gasteiger partial charge >= 0.3 is 0 Å². The molecule has 1 aliphatic heterocycles. The minimum atomic E-state index is 0.483. The van der Waals surface area contributed by atoms with Gasteiger partial charge in [-0.2, -0.15) is 0 Å². The second kappa shape index (κ2) is 5.37. The van der Waals surface area contributed by atoms with Crippen LogP contribution >= 0.6 is 0 Å². The summed E-state index contributed by atoms with van der Waals surface area (Å²) in [5.74, 6) is 0. The number of anilines is 1. The highest BCUT2D eigenvalue weighted by atomic mass is 15.2. The second-order valence-electron chi connectivity index (χ2n) is 4.97. The summed E-state index contributed by atoms with van der Waals surface area (Å²) in [5.41, 5.74) is 4.09. The third kappa shape index (κ3) is 2.89. The fourth-order valence-corrected chi connectivity index (χ4v) is 2.30. The van der Waals surface area contributed by atoms with Crippen molar-refractivity contribution in [1.29, 1.82) is 0 Å². The molecular formula is C15H22N2. The Balaban J connectivity index is 2.20. The molecule has 17 heavy (non-hydrogen) atoms. The zero-order chi connectivity index (χ0) is 12.3. The van der Waals surface area contributed by atoms with Gasteiger partial charge in [-0.05, 0) is 32.4 Å². The molecule has 1 unspecified atom stereocenters. The molecule has 0 radical (unpaired) electrons.